The van der Waals surface area contributed by atoms with Crippen molar-refractivity contribution in [1.82, 2.24) is 4.98 Å². The third kappa shape index (κ3) is 2.63. The molecule has 0 saturated carbocycles. The fourth-order valence-electron chi connectivity index (χ4n) is 1.11. The highest BCUT2D eigenvalue weighted by molar-refractivity contribution is 7.09. The van der Waals surface area contributed by atoms with Crippen molar-refractivity contribution in [2.75, 3.05) is 0 Å². The van der Waals surface area contributed by atoms with Crippen LogP contribution in [-0.2, 0) is 6.61 Å². The monoisotopic (exact) mass is 219 g/mol. The molecule has 0 unspecified atom stereocenters. The lowest BCUT2D eigenvalue weighted by Crippen LogP contribution is -1.94. The average Bonchev–Trinajstić information content (AvgIpc) is 2.76. The van der Waals surface area contributed by atoms with Gasteiger partial charge in [-0.15, -0.1) is 11.3 Å². The molecule has 2 rings (SSSR count). The zero-order valence-corrected chi connectivity index (χ0v) is 8.74. The lowest BCUT2D eigenvalue weighted by atomic mass is 10.3. The van der Waals surface area contributed by atoms with Crippen molar-refractivity contribution in [3.63, 3.8) is 0 Å². The van der Waals surface area contributed by atoms with Gasteiger partial charge in [-0.25, -0.2) is 4.98 Å². The van der Waals surface area contributed by atoms with Crippen molar-refractivity contribution in [1.29, 1.82) is 0 Å². The van der Waals surface area contributed by atoms with E-state index >= 15 is 0 Å². The molecule has 2 aromatic rings. The molecule has 0 N–H and O–H groups in total. The van der Waals surface area contributed by atoms with Gasteiger partial charge in [-0.3, -0.25) is 4.79 Å². The molecule has 0 bridgehead atoms. The average molecular weight is 219 g/mol. The van der Waals surface area contributed by atoms with Crippen molar-refractivity contribution in [3.8, 4) is 5.75 Å². The smallest absolute Gasteiger partial charge is 0.169 e. The largest absolute Gasteiger partial charge is 0.486 e. The molecule has 0 aliphatic heterocycles. The summed E-state index contributed by atoms with van der Waals surface area (Å²) in [5.41, 5.74) is 0.465. The van der Waals surface area contributed by atoms with E-state index in [-0.39, 0.29) is 0 Å². The van der Waals surface area contributed by atoms with Crippen molar-refractivity contribution < 1.29 is 9.53 Å². The van der Waals surface area contributed by atoms with Crippen LogP contribution in [0.3, 0.4) is 0 Å². The summed E-state index contributed by atoms with van der Waals surface area (Å²) in [6.07, 6.45) is 0.739. The van der Waals surface area contributed by atoms with Crippen molar-refractivity contribution in [2.24, 2.45) is 0 Å². The highest BCUT2D eigenvalue weighted by Gasteiger charge is 2.01. The first-order valence-corrected chi connectivity index (χ1v) is 5.34. The Morgan fingerprint density at radius 3 is 2.80 bits per heavy atom. The van der Waals surface area contributed by atoms with Crippen LogP contribution in [0, 0.1) is 0 Å². The molecule has 0 saturated heterocycles. The molecular weight excluding hydrogens is 210 g/mol. The summed E-state index contributed by atoms with van der Waals surface area (Å²) in [4.78, 5) is 14.5. The second kappa shape index (κ2) is 4.70. The number of ether oxygens (including phenoxy) is 1. The van der Waals surface area contributed by atoms with Crippen LogP contribution in [0.5, 0.6) is 5.75 Å². The molecule has 0 spiro atoms. The summed E-state index contributed by atoms with van der Waals surface area (Å²) in [6.45, 7) is 0.405. The Kier molecular flexibility index (Phi) is 3.09. The Morgan fingerprint density at radius 1 is 1.33 bits per heavy atom. The third-order valence-electron chi connectivity index (χ3n) is 1.80. The van der Waals surface area contributed by atoms with E-state index in [1.54, 1.807) is 5.38 Å². The van der Waals surface area contributed by atoms with Gasteiger partial charge in [0, 0.05) is 5.38 Å². The molecule has 0 radical (unpaired) electrons. The summed E-state index contributed by atoms with van der Waals surface area (Å²) in [5.74, 6) is 0.806. The first-order chi connectivity index (χ1) is 7.38. The number of para-hydroxylation sites is 1. The van der Waals surface area contributed by atoms with Gasteiger partial charge in [-0.2, -0.15) is 0 Å². The van der Waals surface area contributed by atoms with Gasteiger partial charge in [0.25, 0.3) is 0 Å². The van der Waals surface area contributed by atoms with E-state index in [0.717, 1.165) is 17.0 Å². The number of thiazole rings is 1. The van der Waals surface area contributed by atoms with Crippen molar-refractivity contribution in [3.05, 3.63) is 46.4 Å². The van der Waals surface area contributed by atoms with E-state index in [9.17, 15) is 4.79 Å². The maximum Gasteiger partial charge on any atom is 0.169 e. The first-order valence-electron chi connectivity index (χ1n) is 4.46. The van der Waals surface area contributed by atoms with Crippen LogP contribution >= 0.6 is 11.3 Å². The molecule has 0 aliphatic carbocycles. The number of aromatic nitrogens is 1. The zero-order valence-electron chi connectivity index (χ0n) is 7.92. The van der Waals surface area contributed by atoms with E-state index in [1.165, 1.54) is 11.3 Å². The summed E-state index contributed by atoms with van der Waals surface area (Å²) >= 11 is 1.43. The van der Waals surface area contributed by atoms with E-state index in [0.29, 0.717) is 12.3 Å². The highest BCUT2D eigenvalue weighted by Crippen LogP contribution is 2.13. The summed E-state index contributed by atoms with van der Waals surface area (Å²) < 4.78 is 5.48. The molecule has 4 heteroatoms. The van der Waals surface area contributed by atoms with Crippen LogP contribution in [-0.4, -0.2) is 11.3 Å². The van der Waals surface area contributed by atoms with Gasteiger partial charge >= 0.3 is 0 Å². The minimum absolute atomic E-state index is 0.405. The SMILES string of the molecule is O=Cc1csc(COc2ccccc2)n1. The van der Waals surface area contributed by atoms with Crippen LogP contribution in [0.4, 0.5) is 0 Å². The lowest BCUT2D eigenvalue weighted by molar-refractivity contribution is 0.111. The highest BCUT2D eigenvalue weighted by atomic mass is 32.1. The van der Waals surface area contributed by atoms with Crippen LogP contribution in [0.15, 0.2) is 35.7 Å². The summed E-state index contributed by atoms with van der Waals surface area (Å²) in [6, 6.07) is 9.52. The second-order valence-electron chi connectivity index (χ2n) is 2.89. The Morgan fingerprint density at radius 2 is 2.13 bits per heavy atom. The molecule has 0 aliphatic rings. The molecule has 0 amide bonds. The van der Waals surface area contributed by atoms with Crippen molar-refractivity contribution >= 4 is 17.6 Å². The van der Waals surface area contributed by atoms with E-state index in [4.69, 9.17) is 4.74 Å². The van der Waals surface area contributed by atoms with Gasteiger partial charge in [-0.05, 0) is 12.1 Å². The number of nitrogens with zero attached hydrogens (tertiary/aromatic N) is 1. The Balaban J connectivity index is 1.96. The minimum Gasteiger partial charge on any atom is -0.486 e. The summed E-state index contributed by atoms with van der Waals surface area (Å²) in [5, 5.41) is 2.53. The van der Waals surface area contributed by atoms with Crippen LogP contribution in [0.1, 0.15) is 15.5 Å². The van der Waals surface area contributed by atoms with Gasteiger partial charge < -0.3 is 4.74 Å². The number of carbonyl (C=O) groups is 1. The number of aldehydes is 1. The standard InChI is InChI=1S/C11H9NO2S/c13-6-9-8-15-11(12-9)7-14-10-4-2-1-3-5-10/h1-6,8H,7H2. The van der Waals surface area contributed by atoms with Crippen molar-refractivity contribution in [2.45, 2.75) is 6.61 Å². The Labute approximate surface area is 91.4 Å². The van der Waals surface area contributed by atoms with E-state index in [2.05, 4.69) is 4.98 Å². The Hall–Kier alpha value is -1.68. The molecule has 3 nitrogen and oxygen atoms in total. The quantitative estimate of drug-likeness (QED) is 0.742. The predicted molar refractivity (Wildman–Crippen MR) is 58.3 cm³/mol. The second-order valence-corrected chi connectivity index (χ2v) is 3.83. The third-order valence-corrected chi connectivity index (χ3v) is 2.64. The van der Waals surface area contributed by atoms with Crippen LogP contribution in [0.25, 0.3) is 0 Å². The topological polar surface area (TPSA) is 39.2 Å². The number of rotatable bonds is 4. The maximum absolute atomic E-state index is 10.4. The van der Waals surface area contributed by atoms with E-state index < -0.39 is 0 Å². The number of carbonyl (C=O) groups excluding carboxylic acids is 1. The lowest BCUT2D eigenvalue weighted by Gasteiger charge is -2.02. The van der Waals surface area contributed by atoms with Crippen LogP contribution in [0.2, 0.25) is 0 Å². The maximum atomic E-state index is 10.4. The number of benzene rings is 1. The van der Waals surface area contributed by atoms with Gasteiger partial charge in [0.2, 0.25) is 0 Å². The fourth-order valence-corrected chi connectivity index (χ4v) is 1.76. The zero-order chi connectivity index (χ0) is 10.5. The van der Waals surface area contributed by atoms with Gasteiger partial charge in [0.15, 0.2) is 6.29 Å². The molecule has 1 aromatic heterocycles. The fraction of sp³-hybridized carbons (Fsp3) is 0.0909. The number of hydrogen-bond acceptors (Lipinski definition) is 4. The van der Waals surface area contributed by atoms with E-state index in [1.807, 2.05) is 30.3 Å². The Bertz CT molecular complexity index is 439. The molecule has 15 heavy (non-hydrogen) atoms. The summed E-state index contributed by atoms with van der Waals surface area (Å²) in [7, 11) is 0. The predicted octanol–water partition coefficient (Wildman–Crippen LogP) is 2.53. The van der Waals surface area contributed by atoms with Gasteiger partial charge in [0.05, 0.1) is 0 Å². The first kappa shape index (κ1) is 9.86. The molecule has 1 heterocycles. The molecule has 0 fully saturated rings. The van der Waals surface area contributed by atoms with Gasteiger partial charge in [-0.1, -0.05) is 18.2 Å². The molecule has 76 valence electrons. The van der Waals surface area contributed by atoms with Crippen LogP contribution < -0.4 is 4.74 Å². The molecule has 1 aromatic carbocycles. The van der Waals surface area contributed by atoms with Gasteiger partial charge in [0.1, 0.15) is 23.1 Å². The normalized spacial score (nSPS) is 9.87. The molecule has 0 atom stereocenters. The minimum atomic E-state index is 0.405. The molecular formula is C11H9NO2S. The number of hydrogen-bond donors (Lipinski definition) is 0.